The molecule has 1 aromatic heterocycles. The minimum absolute atomic E-state index is 0.427. The third-order valence-electron chi connectivity index (χ3n) is 4.21. The van der Waals surface area contributed by atoms with Crippen LogP contribution in [0.25, 0.3) is 0 Å². The van der Waals surface area contributed by atoms with E-state index in [0.29, 0.717) is 23.3 Å². The number of para-hydroxylation sites is 1. The minimum Gasteiger partial charge on any atom is -0.497 e. The molecule has 0 fully saturated rings. The first-order valence-electron chi connectivity index (χ1n) is 8.69. The van der Waals surface area contributed by atoms with E-state index in [0.717, 1.165) is 23.4 Å². The van der Waals surface area contributed by atoms with Crippen LogP contribution in [0.5, 0.6) is 11.5 Å². The van der Waals surface area contributed by atoms with E-state index < -0.39 is 0 Å². The van der Waals surface area contributed by atoms with Gasteiger partial charge in [0.05, 0.1) is 26.1 Å². The second kappa shape index (κ2) is 8.35. The highest BCUT2D eigenvalue weighted by Gasteiger charge is 2.10. The Morgan fingerprint density at radius 2 is 1.89 bits per heavy atom. The molecule has 0 aliphatic carbocycles. The van der Waals surface area contributed by atoms with Crippen molar-refractivity contribution in [1.82, 2.24) is 15.2 Å². The second-order valence-corrected chi connectivity index (χ2v) is 5.94. The molecule has 0 amide bonds. The topological polar surface area (TPSA) is 81.2 Å². The van der Waals surface area contributed by atoms with Crippen LogP contribution in [-0.2, 0) is 6.42 Å². The molecule has 3 rings (SSSR count). The van der Waals surface area contributed by atoms with Gasteiger partial charge in [0.25, 0.3) is 0 Å². The fourth-order valence-electron chi connectivity index (χ4n) is 2.77. The predicted molar refractivity (Wildman–Crippen MR) is 106 cm³/mol. The third-order valence-corrected chi connectivity index (χ3v) is 4.21. The van der Waals surface area contributed by atoms with Gasteiger partial charge in [0, 0.05) is 11.8 Å². The molecular weight excluding hydrogens is 342 g/mol. The van der Waals surface area contributed by atoms with Gasteiger partial charge >= 0.3 is 0 Å². The molecule has 1 heterocycles. The maximum Gasteiger partial charge on any atom is 0.249 e. The summed E-state index contributed by atoms with van der Waals surface area (Å²) in [5.41, 5.74) is 4.11. The number of rotatable bonds is 7. The fourth-order valence-corrected chi connectivity index (χ4v) is 2.77. The van der Waals surface area contributed by atoms with Gasteiger partial charge in [-0.3, -0.25) is 0 Å². The summed E-state index contributed by atoms with van der Waals surface area (Å²) in [7, 11) is 3.22. The first kappa shape index (κ1) is 18.4. The van der Waals surface area contributed by atoms with Gasteiger partial charge < -0.3 is 20.1 Å². The Morgan fingerprint density at radius 3 is 2.63 bits per heavy atom. The van der Waals surface area contributed by atoms with Crippen molar-refractivity contribution in [2.24, 2.45) is 0 Å². The predicted octanol–water partition coefficient (Wildman–Crippen LogP) is 4.25. The SMILES string of the molecule is CCc1cccc(C)c1Nc1nncc(Nc2ccc(OC)cc2OC)n1. The van der Waals surface area contributed by atoms with Gasteiger partial charge in [0.1, 0.15) is 11.5 Å². The quantitative estimate of drug-likeness (QED) is 0.648. The maximum absolute atomic E-state index is 5.41. The van der Waals surface area contributed by atoms with Crippen molar-refractivity contribution in [1.29, 1.82) is 0 Å². The van der Waals surface area contributed by atoms with Gasteiger partial charge in [-0.2, -0.15) is 10.1 Å². The van der Waals surface area contributed by atoms with E-state index in [1.54, 1.807) is 26.5 Å². The second-order valence-electron chi connectivity index (χ2n) is 5.94. The maximum atomic E-state index is 5.41. The van der Waals surface area contributed by atoms with Crippen molar-refractivity contribution in [3.63, 3.8) is 0 Å². The normalized spacial score (nSPS) is 10.4. The molecule has 0 aliphatic rings. The first-order valence-corrected chi connectivity index (χ1v) is 8.69. The zero-order valence-electron chi connectivity index (χ0n) is 15.9. The summed E-state index contributed by atoms with van der Waals surface area (Å²) in [5.74, 6) is 2.35. The molecule has 140 valence electrons. The minimum atomic E-state index is 0.427. The van der Waals surface area contributed by atoms with Crippen LogP contribution in [0.3, 0.4) is 0 Å². The van der Waals surface area contributed by atoms with Crippen molar-refractivity contribution in [3.8, 4) is 11.5 Å². The first-order chi connectivity index (χ1) is 13.1. The summed E-state index contributed by atoms with van der Waals surface area (Å²) in [5, 5.41) is 14.6. The average Bonchev–Trinajstić information content (AvgIpc) is 2.70. The van der Waals surface area contributed by atoms with E-state index >= 15 is 0 Å². The molecule has 7 heteroatoms. The molecule has 0 aliphatic heterocycles. The largest absolute Gasteiger partial charge is 0.497 e. The van der Waals surface area contributed by atoms with Gasteiger partial charge in [-0.25, -0.2) is 0 Å². The Balaban J connectivity index is 1.85. The van der Waals surface area contributed by atoms with E-state index in [-0.39, 0.29) is 0 Å². The molecule has 2 N–H and O–H groups in total. The number of aromatic nitrogens is 3. The van der Waals surface area contributed by atoms with Crippen molar-refractivity contribution in [2.45, 2.75) is 20.3 Å². The molecule has 7 nitrogen and oxygen atoms in total. The Morgan fingerprint density at radius 1 is 1.04 bits per heavy atom. The van der Waals surface area contributed by atoms with Crippen molar-refractivity contribution < 1.29 is 9.47 Å². The Kier molecular flexibility index (Phi) is 5.71. The summed E-state index contributed by atoms with van der Waals surface area (Å²) >= 11 is 0. The number of aryl methyl sites for hydroxylation is 2. The zero-order chi connectivity index (χ0) is 19.2. The molecule has 0 saturated carbocycles. The third kappa shape index (κ3) is 4.25. The highest BCUT2D eigenvalue weighted by Crippen LogP contribution is 2.31. The molecule has 3 aromatic rings. The highest BCUT2D eigenvalue weighted by molar-refractivity contribution is 5.67. The number of ether oxygens (including phenoxy) is 2. The van der Waals surface area contributed by atoms with Crippen LogP contribution in [0, 0.1) is 6.92 Å². The Hall–Kier alpha value is -3.35. The summed E-state index contributed by atoms with van der Waals surface area (Å²) in [6.07, 6.45) is 2.48. The number of hydrogen-bond acceptors (Lipinski definition) is 7. The molecule has 0 atom stereocenters. The van der Waals surface area contributed by atoms with Crippen molar-refractivity contribution in [3.05, 3.63) is 53.7 Å². The molecule has 0 spiro atoms. The fraction of sp³-hybridized carbons (Fsp3) is 0.250. The summed E-state index contributed by atoms with van der Waals surface area (Å²) in [6, 6.07) is 11.7. The molecule has 27 heavy (non-hydrogen) atoms. The molecular formula is C20H23N5O2. The molecule has 0 saturated heterocycles. The Labute approximate surface area is 158 Å². The van der Waals surface area contributed by atoms with Crippen LogP contribution in [0.15, 0.2) is 42.6 Å². The van der Waals surface area contributed by atoms with E-state index in [1.807, 2.05) is 18.2 Å². The van der Waals surface area contributed by atoms with Crippen LogP contribution in [0.1, 0.15) is 18.1 Å². The van der Waals surface area contributed by atoms with E-state index in [4.69, 9.17) is 9.47 Å². The number of methoxy groups -OCH3 is 2. The lowest BCUT2D eigenvalue weighted by Gasteiger charge is -2.14. The van der Waals surface area contributed by atoms with Crippen LogP contribution in [0.2, 0.25) is 0 Å². The Bertz CT molecular complexity index is 930. The molecule has 2 aromatic carbocycles. The van der Waals surface area contributed by atoms with Gasteiger partial charge in [-0.1, -0.05) is 25.1 Å². The number of nitrogens with zero attached hydrogens (tertiary/aromatic N) is 3. The molecule has 0 bridgehead atoms. The van der Waals surface area contributed by atoms with Gasteiger partial charge in [-0.05, 0) is 36.6 Å². The van der Waals surface area contributed by atoms with Gasteiger partial charge in [-0.15, -0.1) is 5.10 Å². The standard InChI is InChI=1S/C20H23N5O2/c1-5-14-8-6-7-13(2)19(14)24-20-23-18(12-21-25-20)22-16-10-9-15(26-3)11-17(16)27-4/h6-12H,5H2,1-4H3,(H2,22,23,24,25). The average molecular weight is 365 g/mol. The van der Waals surface area contributed by atoms with Crippen LogP contribution in [0.4, 0.5) is 23.1 Å². The van der Waals surface area contributed by atoms with Gasteiger partial charge in [0.2, 0.25) is 5.95 Å². The van der Waals surface area contributed by atoms with Crippen molar-refractivity contribution >= 4 is 23.1 Å². The number of nitrogens with one attached hydrogen (secondary N) is 2. The lowest BCUT2D eigenvalue weighted by Crippen LogP contribution is -2.05. The smallest absolute Gasteiger partial charge is 0.249 e. The van der Waals surface area contributed by atoms with Crippen LogP contribution < -0.4 is 20.1 Å². The number of hydrogen-bond donors (Lipinski definition) is 2. The summed E-state index contributed by atoms with van der Waals surface area (Å²) in [4.78, 5) is 4.52. The summed E-state index contributed by atoms with van der Waals surface area (Å²) in [6.45, 7) is 4.17. The number of benzene rings is 2. The van der Waals surface area contributed by atoms with E-state index in [2.05, 4.69) is 51.8 Å². The van der Waals surface area contributed by atoms with E-state index in [9.17, 15) is 0 Å². The lowest BCUT2D eigenvalue weighted by molar-refractivity contribution is 0.395. The monoisotopic (exact) mass is 365 g/mol. The van der Waals surface area contributed by atoms with Gasteiger partial charge in [0.15, 0.2) is 5.82 Å². The molecule has 0 unspecified atom stereocenters. The van der Waals surface area contributed by atoms with Crippen molar-refractivity contribution in [2.75, 3.05) is 24.9 Å². The van der Waals surface area contributed by atoms with Crippen LogP contribution in [-0.4, -0.2) is 29.4 Å². The number of anilines is 4. The van der Waals surface area contributed by atoms with Crippen LogP contribution >= 0.6 is 0 Å². The van der Waals surface area contributed by atoms with E-state index in [1.165, 1.54) is 5.56 Å². The summed E-state index contributed by atoms with van der Waals surface area (Å²) < 4.78 is 10.6. The lowest BCUT2D eigenvalue weighted by atomic mass is 10.1. The molecule has 0 radical (unpaired) electrons. The highest BCUT2D eigenvalue weighted by atomic mass is 16.5. The zero-order valence-corrected chi connectivity index (χ0v) is 15.9.